The van der Waals surface area contributed by atoms with Crippen LogP contribution in [0.1, 0.15) is 40.0 Å². The summed E-state index contributed by atoms with van der Waals surface area (Å²) in [4.78, 5) is 57.6. The molecule has 198 valence electrons. The number of hydrogen-bond donors (Lipinski definition) is 4. The monoisotopic (exact) mass is 517 g/mol. The molecule has 4 N–H and O–H groups in total. The number of amides is 3. The molecule has 0 bridgehead atoms. The molecule has 1 heterocycles. The Morgan fingerprint density at radius 1 is 1.09 bits per heavy atom. The van der Waals surface area contributed by atoms with Crippen LogP contribution in [0.25, 0.3) is 0 Å². The molecule has 3 amide bonds. The number of carboxylic acids is 1. The molecular weight excluding hydrogens is 482 g/mol. The van der Waals surface area contributed by atoms with Crippen molar-refractivity contribution in [3.8, 4) is 0 Å². The van der Waals surface area contributed by atoms with Crippen molar-refractivity contribution in [2.24, 2.45) is 5.41 Å². The number of carbonyl (C=O) groups excluding carboxylic acids is 4. The van der Waals surface area contributed by atoms with Gasteiger partial charge in [0.25, 0.3) is 5.97 Å². The van der Waals surface area contributed by atoms with Crippen LogP contribution < -0.4 is 16.0 Å². The lowest BCUT2D eigenvalue weighted by atomic mass is 9.85. The Morgan fingerprint density at radius 2 is 1.80 bits per heavy atom. The van der Waals surface area contributed by atoms with E-state index in [0.29, 0.717) is 19.4 Å². The minimum Gasteiger partial charge on any atom is -0.478 e. The highest BCUT2D eigenvalue weighted by atomic mass is 32.2. The van der Waals surface area contributed by atoms with E-state index in [0.717, 1.165) is 23.9 Å². The van der Waals surface area contributed by atoms with E-state index in [1.165, 1.54) is 14.0 Å². The lowest BCUT2D eigenvalue weighted by molar-refractivity contribution is -0.425. The van der Waals surface area contributed by atoms with E-state index in [2.05, 4.69) is 16.0 Å². The predicted octanol–water partition coefficient (Wildman–Crippen LogP) is 0.168. The van der Waals surface area contributed by atoms with Crippen molar-refractivity contribution >= 4 is 40.6 Å². The molecule has 1 rings (SSSR count). The van der Waals surface area contributed by atoms with Gasteiger partial charge in [0, 0.05) is 63.8 Å². The van der Waals surface area contributed by atoms with E-state index in [4.69, 9.17) is 19.3 Å². The summed E-state index contributed by atoms with van der Waals surface area (Å²) in [6, 6.07) is 0. The molecular formula is C22H35N3O9S. The summed E-state index contributed by atoms with van der Waals surface area (Å²) in [6.07, 6.45) is 1.66. The second-order valence-corrected chi connectivity index (χ2v) is 9.58. The first-order valence-electron chi connectivity index (χ1n) is 11.1. The van der Waals surface area contributed by atoms with Crippen LogP contribution in [0.5, 0.6) is 0 Å². The summed E-state index contributed by atoms with van der Waals surface area (Å²) in [5, 5.41) is 16.1. The van der Waals surface area contributed by atoms with Gasteiger partial charge >= 0.3 is 5.97 Å². The molecule has 0 saturated carbocycles. The second kappa shape index (κ2) is 14.8. The smallest absolute Gasteiger partial charge is 0.328 e. The number of rotatable bonds is 14. The molecule has 1 unspecified atom stereocenters. The average molecular weight is 518 g/mol. The van der Waals surface area contributed by atoms with Crippen LogP contribution in [-0.2, 0) is 38.2 Å². The Bertz CT molecular complexity index is 803. The van der Waals surface area contributed by atoms with Crippen LogP contribution in [0.15, 0.2) is 12.2 Å². The number of carboxylic acid groups (broad SMARTS) is 1. The number of methoxy groups -OCH3 is 1. The molecule has 0 spiro atoms. The first kappa shape index (κ1) is 30.6. The number of carbonyl (C=O) groups is 5. The fourth-order valence-corrected chi connectivity index (χ4v) is 3.64. The number of nitrogens with one attached hydrogen (secondary N) is 3. The normalized spacial score (nSPS) is 21.3. The van der Waals surface area contributed by atoms with Gasteiger partial charge in [-0.3, -0.25) is 19.2 Å². The Morgan fingerprint density at radius 3 is 2.43 bits per heavy atom. The number of ether oxygens (including phenoxy) is 3. The van der Waals surface area contributed by atoms with E-state index in [1.54, 1.807) is 0 Å². The summed E-state index contributed by atoms with van der Waals surface area (Å²) in [6.45, 7) is 5.99. The van der Waals surface area contributed by atoms with Crippen LogP contribution >= 0.6 is 11.8 Å². The zero-order valence-corrected chi connectivity index (χ0v) is 21.3. The maximum atomic E-state index is 12.8. The molecule has 0 aromatic heterocycles. The Labute approximate surface area is 208 Å². The highest BCUT2D eigenvalue weighted by Crippen LogP contribution is 2.37. The van der Waals surface area contributed by atoms with Crippen molar-refractivity contribution in [3.05, 3.63) is 12.2 Å². The maximum Gasteiger partial charge on any atom is 0.328 e. The second-order valence-electron chi connectivity index (χ2n) is 8.48. The van der Waals surface area contributed by atoms with E-state index in [9.17, 15) is 24.0 Å². The van der Waals surface area contributed by atoms with Gasteiger partial charge in [0.1, 0.15) is 6.10 Å². The van der Waals surface area contributed by atoms with Crippen LogP contribution in [0.4, 0.5) is 0 Å². The molecule has 0 aromatic carbocycles. The molecule has 12 nitrogen and oxygen atoms in total. The van der Waals surface area contributed by atoms with E-state index in [-0.39, 0.29) is 43.7 Å². The van der Waals surface area contributed by atoms with Gasteiger partial charge in [-0.15, -0.1) is 0 Å². The Balaban J connectivity index is 2.45. The molecule has 1 aliphatic rings. The third-order valence-electron chi connectivity index (χ3n) is 4.94. The van der Waals surface area contributed by atoms with Gasteiger partial charge in [0.15, 0.2) is 0 Å². The molecule has 0 aromatic rings. The predicted molar refractivity (Wildman–Crippen MR) is 127 cm³/mol. The number of thioether (sulfide) groups is 1. The Kier molecular flexibility index (Phi) is 12.9. The summed E-state index contributed by atoms with van der Waals surface area (Å²) in [5.74, 6) is -3.20. The first-order chi connectivity index (χ1) is 16.4. The first-order valence-corrected chi connectivity index (χ1v) is 12.1. The van der Waals surface area contributed by atoms with Crippen molar-refractivity contribution in [3.63, 3.8) is 0 Å². The van der Waals surface area contributed by atoms with Crippen molar-refractivity contribution in [2.75, 3.05) is 39.1 Å². The fourth-order valence-electron chi connectivity index (χ4n) is 3.07. The quantitative estimate of drug-likeness (QED) is 0.184. The molecule has 1 saturated heterocycles. The highest BCUT2D eigenvalue weighted by Gasteiger charge is 2.50. The zero-order valence-electron chi connectivity index (χ0n) is 20.5. The van der Waals surface area contributed by atoms with Gasteiger partial charge in [-0.05, 0) is 12.5 Å². The third kappa shape index (κ3) is 11.7. The van der Waals surface area contributed by atoms with E-state index >= 15 is 0 Å². The summed E-state index contributed by atoms with van der Waals surface area (Å²) >= 11 is 0.883. The molecule has 1 aliphatic heterocycles. The maximum absolute atomic E-state index is 12.8. The number of hydrogen-bond acceptors (Lipinski definition) is 9. The van der Waals surface area contributed by atoms with Gasteiger partial charge in [-0.25, -0.2) is 4.79 Å². The van der Waals surface area contributed by atoms with E-state index in [1.807, 2.05) is 13.8 Å². The van der Waals surface area contributed by atoms with Gasteiger partial charge in [-0.1, -0.05) is 25.6 Å². The minimum atomic E-state index is -1.41. The fraction of sp³-hybridized carbons (Fsp3) is 0.682. The van der Waals surface area contributed by atoms with Crippen LogP contribution in [0.3, 0.4) is 0 Å². The minimum absolute atomic E-state index is 0.0268. The van der Waals surface area contributed by atoms with Gasteiger partial charge < -0.3 is 35.3 Å². The molecule has 2 atom stereocenters. The largest absolute Gasteiger partial charge is 0.478 e. The summed E-state index contributed by atoms with van der Waals surface area (Å²) < 4.78 is 17.2. The van der Waals surface area contributed by atoms with E-state index < -0.39 is 34.5 Å². The standard InChI is InChI=1S/C22H35N3O9S/c1-15(26)23-10-5-9-22(32-4)33-14-21(2,3)19(34-22)20(31)25-11-8-16(27)24-12-13-35-18(30)7-6-17(28)29/h6-7,19H,5,8-14H2,1-4H3,(H,23,26)(H,24,27)(H,25,31)(H,28,29)/b7-6+/t19-,22?/m0/s1. The van der Waals surface area contributed by atoms with Crippen LogP contribution in [0, 0.1) is 5.41 Å². The van der Waals surface area contributed by atoms with Crippen molar-refractivity contribution in [1.29, 1.82) is 0 Å². The molecule has 0 aliphatic carbocycles. The van der Waals surface area contributed by atoms with Crippen LogP contribution in [0.2, 0.25) is 0 Å². The van der Waals surface area contributed by atoms with Crippen LogP contribution in [-0.4, -0.2) is 85.1 Å². The zero-order chi connectivity index (χ0) is 26.5. The highest BCUT2D eigenvalue weighted by molar-refractivity contribution is 8.14. The Hall–Kier alpha value is -2.48. The average Bonchev–Trinajstić information content (AvgIpc) is 2.79. The lowest BCUT2D eigenvalue weighted by Gasteiger charge is -2.46. The molecule has 1 fully saturated rings. The molecule has 0 radical (unpaired) electrons. The van der Waals surface area contributed by atoms with Gasteiger partial charge in [0.2, 0.25) is 22.8 Å². The topological polar surface area (TPSA) is 169 Å². The molecule has 13 heteroatoms. The molecule has 35 heavy (non-hydrogen) atoms. The van der Waals surface area contributed by atoms with Crippen molar-refractivity contribution in [2.45, 2.75) is 52.1 Å². The van der Waals surface area contributed by atoms with Gasteiger partial charge in [-0.2, -0.15) is 0 Å². The van der Waals surface area contributed by atoms with Crippen molar-refractivity contribution in [1.82, 2.24) is 16.0 Å². The lowest BCUT2D eigenvalue weighted by Crippen LogP contribution is -2.59. The summed E-state index contributed by atoms with van der Waals surface area (Å²) in [5.41, 5.74) is -0.648. The van der Waals surface area contributed by atoms with Gasteiger partial charge in [0.05, 0.1) is 6.61 Å². The summed E-state index contributed by atoms with van der Waals surface area (Å²) in [7, 11) is 1.42. The number of aliphatic carboxylic acids is 1. The SMILES string of the molecule is COC1(CCCNC(C)=O)OCC(C)(C)[C@H](C(=O)NCCC(=O)NCCSC(=O)/C=C/C(=O)O)O1. The van der Waals surface area contributed by atoms with Crippen molar-refractivity contribution < 1.29 is 43.3 Å². The third-order valence-corrected chi connectivity index (χ3v) is 5.76.